The summed E-state index contributed by atoms with van der Waals surface area (Å²) in [5, 5.41) is 0. The average molecular weight is 277 g/mol. The maximum atomic E-state index is 12.5. The lowest BCUT2D eigenvalue weighted by Gasteiger charge is -2.25. The summed E-state index contributed by atoms with van der Waals surface area (Å²) >= 11 is 0. The summed E-state index contributed by atoms with van der Waals surface area (Å²) in [5.41, 5.74) is 2.83. The van der Waals surface area contributed by atoms with Gasteiger partial charge in [-0.3, -0.25) is 4.79 Å². The summed E-state index contributed by atoms with van der Waals surface area (Å²) in [6, 6.07) is 0. The number of hydrogen-bond acceptors (Lipinski definition) is 3. The Bertz CT molecular complexity index is 518. The van der Waals surface area contributed by atoms with E-state index in [0.717, 1.165) is 31.4 Å². The number of rotatable bonds is 1. The van der Waals surface area contributed by atoms with E-state index >= 15 is 0 Å². The van der Waals surface area contributed by atoms with Gasteiger partial charge in [0.05, 0.1) is 18.9 Å². The van der Waals surface area contributed by atoms with Crippen molar-refractivity contribution in [2.45, 2.75) is 52.2 Å². The third-order valence-electron chi connectivity index (χ3n) is 4.33. The highest BCUT2D eigenvalue weighted by Crippen LogP contribution is 2.36. The number of nitrogens with one attached hydrogen (secondary N) is 1. The fraction of sp³-hybridized carbons (Fsp3) is 0.688. The van der Waals surface area contributed by atoms with E-state index < -0.39 is 5.79 Å². The molecule has 3 rings (SSSR count). The van der Waals surface area contributed by atoms with Crippen molar-refractivity contribution in [2.75, 3.05) is 13.2 Å². The zero-order chi connectivity index (χ0) is 14.4. The van der Waals surface area contributed by atoms with E-state index in [4.69, 9.17) is 9.47 Å². The van der Waals surface area contributed by atoms with Gasteiger partial charge in [0, 0.05) is 24.5 Å². The molecule has 4 heteroatoms. The Balaban J connectivity index is 1.87. The van der Waals surface area contributed by atoms with Gasteiger partial charge in [0.2, 0.25) is 0 Å². The monoisotopic (exact) mass is 277 g/mol. The Morgan fingerprint density at radius 2 is 1.85 bits per heavy atom. The topological polar surface area (TPSA) is 51.3 Å². The number of H-pyrrole nitrogens is 1. The molecular weight excluding hydrogens is 254 g/mol. The van der Waals surface area contributed by atoms with Gasteiger partial charge in [-0.2, -0.15) is 0 Å². The van der Waals surface area contributed by atoms with E-state index in [1.54, 1.807) is 0 Å². The summed E-state index contributed by atoms with van der Waals surface area (Å²) < 4.78 is 11.6. The van der Waals surface area contributed by atoms with E-state index in [0.29, 0.717) is 13.2 Å². The van der Waals surface area contributed by atoms with Gasteiger partial charge >= 0.3 is 0 Å². The fourth-order valence-electron chi connectivity index (χ4n) is 3.13. The molecule has 0 amide bonds. The number of Topliss-reactive ketones (excluding diaryl/α,β-unsaturated/α-hetero) is 1. The lowest BCUT2D eigenvalue weighted by atomic mass is 9.86. The number of aromatic nitrogens is 1. The molecule has 1 aromatic rings. The van der Waals surface area contributed by atoms with E-state index in [-0.39, 0.29) is 11.2 Å². The molecule has 0 aromatic carbocycles. The third kappa shape index (κ3) is 2.31. The van der Waals surface area contributed by atoms with Crippen LogP contribution in [0, 0.1) is 5.41 Å². The maximum absolute atomic E-state index is 12.5. The van der Waals surface area contributed by atoms with Gasteiger partial charge < -0.3 is 14.5 Å². The summed E-state index contributed by atoms with van der Waals surface area (Å²) in [7, 11) is 0. The molecule has 1 fully saturated rings. The van der Waals surface area contributed by atoms with Gasteiger partial charge in [0.1, 0.15) is 0 Å². The lowest BCUT2D eigenvalue weighted by Crippen LogP contribution is -2.30. The first kappa shape index (κ1) is 13.8. The molecule has 1 aliphatic heterocycles. The Morgan fingerprint density at radius 1 is 1.20 bits per heavy atom. The molecule has 1 aliphatic carbocycles. The summed E-state index contributed by atoms with van der Waals surface area (Å²) in [6.45, 7) is 7.26. The molecule has 110 valence electrons. The van der Waals surface area contributed by atoms with Gasteiger partial charge in [-0.1, -0.05) is 20.8 Å². The number of carbonyl (C=O) groups is 1. The van der Waals surface area contributed by atoms with Crippen LogP contribution < -0.4 is 0 Å². The zero-order valence-corrected chi connectivity index (χ0v) is 12.5. The quantitative estimate of drug-likeness (QED) is 0.803. The second-order valence-corrected chi connectivity index (χ2v) is 6.85. The van der Waals surface area contributed by atoms with Crippen molar-refractivity contribution in [3.05, 3.63) is 23.0 Å². The van der Waals surface area contributed by atoms with E-state index in [1.165, 1.54) is 11.1 Å². The predicted octanol–water partition coefficient (Wildman–Crippen LogP) is 2.87. The van der Waals surface area contributed by atoms with Gasteiger partial charge in [-0.25, -0.2) is 0 Å². The highest BCUT2D eigenvalue weighted by Gasteiger charge is 2.39. The van der Waals surface area contributed by atoms with Crippen molar-refractivity contribution in [2.24, 2.45) is 5.41 Å². The van der Waals surface area contributed by atoms with E-state index in [9.17, 15) is 4.79 Å². The van der Waals surface area contributed by atoms with Crippen LogP contribution in [0.2, 0.25) is 0 Å². The number of hydrogen-bond donors (Lipinski definition) is 1. The molecule has 1 spiro atoms. The number of aromatic amines is 1. The van der Waals surface area contributed by atoms with Crippen LogP contribution in [0.5, 0.6) is 0 Å². The largest absolute Gasteiger partial charge is 0.358 e. The molecule has 4 nitrogen and oxygen atoms in total. The Kier molecular flexibility index (Phi) is 3.26. The van der Waals surface area contributed by atoms with Crippen molar-refractivity contribution in [1.82, 2.24) is 4.98 Å². The Morgan fingerprint density at radius 3 is 2.50 bits per heavy atom. The van der Waals surface area contributed by atoms with Crippen molar-refractivity contribution in [3.8, 4) is 0 Å². The standard InChI is InChI=1S/C16H23NO3/c1-15(2,3)14(18)13-12-5-7-16(19-8-9-20-16)6-4-11(12)10-17-13/h10,17H,4-9H2,1-3H3. The smallest absolute Gasteiger partial charge is 0.184 e. The minimum absolute atomic E-state index is 0.183. The molecule has 2 heterocycles. The third-order valence-corrected chi connectivity index (χ3v) is 4.33. The van der Waals surface area contributed by atoms with Gasteiger partial charge in [0.15, 0.2) is 11.6 Å². The van der Waals surface area contributed by atoms with Crippen LogP contribution >= 0.6 is 0 Å². The van der Waals surface area contributed by atoms with Gasteiger partial charge in [-0.15, -0.1) is 0 Å². The molecule has 0 radical (unpaired) electrons. The van der Waals surface area contributed by atoms with Crippen LogP contribution in [-0.2, 0) is 22.3 Å². The van der Waals surface area contributed by atoms with Crippen LogP contribution in [0.4, 0.5) is 0 Å². The van der Waals surface area contributed by atoms with Crippen molar-refractivity contribution < 1.29 is 14.3 Å². The highest BCUT2D eigenvalue weighted by molar-refractivity contribution is 5.99. The van der Waals surface area contributed by atoms with Crippen molar-refractivity contribution in [3.63, 3.8) is 0 Å². The predicted molar refractivity (Wildman–Crippen MR) is 75.9 cm³/mol. The number of ketones is 1. The zero-order valence-electron chi connectivity index (χ0n) is 12.5. The van der Waals surface area contributed by atoms with Crippen molar-refractivity contribution >= 4 is 5.78 Å². The summed E-state index contributed by atoms with van der Waals surface area (Å²) in [5.74, 6) is -0.225. The van der Waals surface area contributed by atoms with Gasteiger partial charge in [0.25, 0.3) is 0 Å². The number of ether oxygens (including phenoxy) is 2. The SMILES string of the molecule is CC(C)(C)C(=O)c1[nH]cc2c1CCC1(CC2)OCCO1. The molecule has 1 saturated heterocycles. The van der Waals surface area contributed by atoms with Crippen LogP contribution in [0.25, 0.3) is 0 Å². The van der Waals surface area contributed by atoms with E-state index in [2.05, 4.69) is 4.98 Å². The Labute approximate surface area is 119 Å². The fourth-order valence-corrected chi connectivity index (χ4v) is 3.13. The maximum Gasteiger partial charge on any atom is 0.184 e. The average Bonchev–Trinajstić information content (AvgIpc) is 2.94. The van der Waals surface area contributed by atoms with Crippen LogP contribution in [0.1, 0.15) is 55.2 Å². The Hall–Kier alpha value is -1.13. The highest BCUT2D eigenvalue weighted by atomic mass is 16.7. The molecule has 0 atom stereocenters. The number of aryl methyl sites for hydroxylation is 1. The minimum atomic E-state index is -0.409. The van der Waals surface area contributed by atoms with Gasteiger partial charge in [-0.05, 0) is 24.0 Å². The van der Waals surface area contributed by atoms with Crippen LogP contribution in [0.3, 0.4) is 0 Å². The number of carbonyl (C=O) groups excluding carboxylic acids is 1. The van der Waals surface area contributed by atoms with Crippen LogP contribution in [0.15, 0.2) is 6.20 Å². The van der Waals surface area contributed by atoms with Crippen molar-refractivity contribution in [1.29, 1.82) is 0 Å². The normalized spacial score (nSPS) is 21.8. The molecule has 1 aromatic heterocycles. The van der Waals surface area contributed by atoms with Crippen LogP contribution in [-0.4, -0.2) is 29.8 Å². The molecular formula is C16H23NO3. The minimum Gasteiger partial charge on any atom is -0.358 e. The number of fused-ring (bicyclic) bond motifs is 1. The second-order valence-electron chi connectivity index (χ2n) is 6.85. The first-order chi connectivity index (χ1) is 9.41. The molecule has 2 aliphatic rings. The second kappa shape index (κ2) is 4.71. The molecule has 0 saturated carbocycles. The first-order valence-electron chi connectivity index (χ1n) is 7.43. The summed E-state index contributed by atoms with van der Waals surface area (Å²) in [6.07, 6.45) is 5.45. The lowest BCUT2D eigenvalue weighted by molar-refractivity contribution is -0.164. The summed E-state index contributed by atoms with van der Waals surface area (Å²) in [4.78, 5) is 15.7. The molecule has 0 bridgehead atoms. The van der Waals surface area contributed by atoms with E-state index in [1.807, 2.05) is 27.0 Å². The molecule has 0 unspecified atom stereocenters. The first-order valence-corrected chi connectivity index (χ1v) is 7.43. The molecule has 20 heavy (non-hydrogen) atoms. The molecule has 1 N–H and O–H groups in total.